The van der Waals surface area contributed by atoms with E-state index in [4.69, 9.17) is 4.74 Å². The normalized spacial score (nSPS) is 14.8. The van der Waals surface area contributed by atoms with Crippen molar-refractivity contribution in [3.63, 3.8) is 0 Å². The zero-order valence-corrected chi connectivity index (χ0v) is 17.0. The van der Waals surface area contributed by atoms with E-state index in [0.717, 1.165) is 66.1 Å². The Labute approximate surface area is 171 Å². The van der Waals surface area contributed by atoms with Crippen LogP contribution in [0.25, 0.3) is 10.9 Å². The summed E-state index contributed by atoms with van der Waals surface area (Å²) in [6.45, 7) is 4.52. The van der Waals surface area contributed by atoms with Crippen LogP contribution in [0.15, 0.2) is 54.6 Å². The molecular weight excluding hydrogens is 362 g/mol. The number of para-hydroxylation sites is 1. The molecule has 5 nitrogen and oxygen atoms in total. The van der Waals surface area contributed by atoms with Gasteiger partial charge in [-0.3, -0.25) is 4.79 Å². The largest absolute Gasteiger partial charge is 0.494 e. The number of nitrogens with one attached hydrogen (secondary N) is 1. The Hall–Kier alpha value is -3.08. The minimum absolute atomic E-state index is 0.139. The van der Waals surface area contributed by atoms with Crippen LogP contribution in [0.2, 0.25) is 0 Å². The third-order valence-corrected chi connectivity index (χ3v) is 5.65. The molecule has 0 aliphatic carbocycles. The van der Waals surface area contributed by atoms with Gasteiger partial charge in [0, 0.05) is 42.0 Å². The molecule has 1 fully saturated rings. The van der Waals surface area contributed by atoms with Crippen LogP contribution in [0.4, 0.5) is 5.69 Å². The van der Waals surface area contributed by atoms with Gasteiger partial charge in [0.1, 0.15) is 11.3 Å². The van der Waals surface area contributed by atoms with Gasteiger partial charge in [0.25, 0.3) is 5.91 Å². The minimum Gasteiger partial charge on any atom is -0.494 e. The topological polar surface area (TPSA) is 54.5 Å². The number of benzene rings is 2. The molecule has 2 aromatic carbocycles. The maximum atomic E-state index is 12.6. The van der Waals surface area contributed by atoms with Gasteiger partial charge in [-0.2, -0.15) is 0 Å². The van der Waals surface area contributed by atoms with Crippen LogP contribution in [-0.4, -0.2) is 42.5 Å². The highest BCUT2D eigenvalue weighted by Gasteiger charge is 2.23. The van der Waals surface area contributed by atoms with Crippen LogP contribution in [0.5, 0.6) is 5.75 Å². The number of nitrogens with zero attached hydrogens (tertiary/aromatic N) is 2. The van der Waals surface area contributed by atoms with E-state index in [0.29, 0.717) is 5.92 Å². The van der Waals surface area contributed by atoms with E-state index in [1.54, 1.807) is 7.11 Å². The van der Waals surface area contributed by atoms with Crippen molar-refractivity contribution in [3.05, 3.63) is 65.9 Å². The lowest BCUT2D eigenvalue weighted by Gasteiger charge is -2.32. The summed E-state index contributed by atoms with van der Waals surface area (Å²) in [6.07, 6.45) is 2.02. The molecule has 1 aliphatic heterocycles. The summed E-state index contributed by atoms with van der Waals surface area (Å²) in [6, 6.07) is 17.7. The number of rotatable bonds is 5. The summed E-state index contributed by atoms with van der Waals surface area (Å²) in [5, 5.41) is 4.70. The predicted octanol–water partition coefficient (Wildman–Crippen LogP) is 4.52. The lowest BCUT2D eigenvalue weighted by Crippen LogP contribution is -2.39. The van der Waals surface area contributed by atoms with E-state index >= 15 is 0 Å². The molecule has 0 unspecified atom stereocenters. The summed E-state index contributed by atoms with van der Waals surface area (Å²) in [7, 11) is 1.68. The van der Waals surface area contributed by atoms with Crippen molar-refractivity contribution >= 4 is 22.5 Å². The molecular formula is C24H27N3O2. The molecule has 1 aromatic heterocycles. The second kappa shape index (κ2) is 8.52. The van der Waals surface area contributed by atoms with Crippen LogP contribution in [-0.2, 0) is 0 Å². The first kappa shape index (κ1) is 19.2. The molecule has 1 amide bonds. The van der Waals surface area contributed by atoms with Gasteiger partial charge >= 0.3 is 0 Å². The zero-order valence-electron chi connectivity index (χ0n) is 17.0. The first-order valence-corrected chi connectivity index (χ1v) is 10.2. The molecule has 1 N–H and O–H groups in total. The molecule has 0 atom stereocenters. The Morgan fingerprint density at radius 1 is 1.14 bits per heavy atom. The fourth-order valence-corrected chi connectivity index (χ4v) is 4.02. The molecule has 0 bridgehead atoms. The Bertz CT molecular complexity index is 996. The van der Waals surface area contributed by atoms with Gasteiger partial charge < -0.3 is 15.0 Å². The van der Waals surface area contributed by atoms with Crippen molar-refractivity contribution in [2.45, 2.75) is 19.8 Å². The summed E-state index contributed by atoms with van der Waals surface area (Å²) in [5.74, 6) is 1.48. The molecule has 150 valence electrons. The van der Waals surface area contributed by atoms with E-state index in [1.807, 2.05) is 54.3 Å². The highest BCUT2D eigenvalue weighted by molar-refractivity contribution is 5.95. The van der Waals surface area contributed by atoms with E-state index < -0.39 is 0 Å². The molecule has 4 rings (SSSR count). The standard InChI is InChI=1S/C24H27N3O2/c1-17-15-21(20-9-6-10-22(29-2)23(20)26-17)25-16-18-11-13-27(14-12-18)24(28)19-7-4-3-5-8-19/h3-10,15,18H,11-14,16H2,1-2H3,(H,25,26). The number of methoxy groups -OCH3 is 1. The number of ether oxygens (including phenoxy) is 1. The molecule has 29 heavy (non-hydrogen) atoms. The summed E-state index contributed by atoms with van der Waals surface area (Å²) in [4.78, 5) is 19.2. The van der Waals surface area contributed by atoms with Crippen molar-refractivity contribution in [1.82, 2.24) is 9.88 Å². The minimum atomic E-state index is 0.139. The van der Waals surface area contributed by atoms with Gasteiger partial charge in [-0.05, 0) is 49.9 Å². The number of fused-ring (bicyclic) bond motifs is 1. The lowest BCUT2D eigenvalue weighted by atomic mass is 9.96. The average molecular weight is 389 g/mol. The van der Waals surface area contributed by atoms with E-state index in [2.05, 4.69) is 22.4 Å². The summed E-state index contributed by atoms with van der Waals surface area (Å²) >= 11 is 0. The zero-order chi connectivity index (χ0) is 20.2. The van der Waals surface area contributed by atoms with Crippen LogP contribution in [0.1, 0.15) is 28.9 Å². The Balaban J connectivity index is 1.39. The van der Waals surface area contributed by atoms with Crippen molar-refractivity contribution in [2.75, 3.05) is 32.1 Å². The molecule has 0 radical (unpaired) electrons. The highest BCUT2D eigenvalue weighted by Crippen LogP contribution is 2.30. The van der Waals surface area contributed by atoms with Crippen molar-refractivity contribution < 1.29 is 9.53 Å². The number of likely N-dealkylation sites (tertiary alicyclic amines) is 1. The van der Waals surface area contributed by atoms with E-state index in [-0.39, 0.29) is 5.91 Å². The molecule has 0 saturated carbocycles. The SMILES string of the molecule is COc1cccc2c(NCC3CCN(C(=O)c4ccccc4)CC3)cc(C)nc12. The molecule has 3 aromatic rings. The smallest absolute Gasteiger partial charge is 0.253 e. The van der Waals surface area contributed by atoms with Crippen LogP contribution >= 0.6 is 0 Å². The third-order valence-electron chi connectivity index (χ3n) is 5.65. The fourth-order valence-electron chi connectivity index (χ4n) is 4.02. The van der Waals surface area contributed by atoms with Gasteiger partial charge in [0.2, 0.25) is 0 Å². The monoisotopic (exact) mass is 389 g/mol. The first-order valence-electron chi connectivity index (χ1n) is 10.2. The van der Waals surface area contributed by atoms with Gasteiger partial charge in [-0.15, -0.1) is 0 Å². The maximum Gasteiger partial charge on any atom is 0.253 e. The van der Waals surface area contributed by atoms with Crippen LogP contribution in [0.3, 0.4) is 0 Å². The number of hydrogen-bond donors (Lipinski definition) is 1. The third kappa shape index (κ3) is 4.19. The number of aromatic nitrogens is 1. The highest BCUT2D eigenvalue weighted by atomic mass is 16.5. The second-order valence-electron chi connectivity index (χ2n) is 7.65. The Morgan fingerprint density at radius 2 is 1.90 bits per heavy atom. The number of amides is 1. The summed E-state index contributed by atoms with van der Waals surface area (Å²) < 4.78 is 5.47. The molecule has 1 aliphatic rings. The quantitative estimate of drug-likeness (QED) is 0.697. The number of carbonyl (C=O) groups is 1. The maximum absolute atomic E-state index is 12.6. The number of carbonyl (C=O) groups excluding carboxylic acids is 1. The average Bonchev–Trinajstić information content (AvgIpc) is 2.77. The van der Waals surface area contributed by atoms with Crippen molar-refractivity contribution in [3.8, 4) is 5.75 Å². The van der Waals surface area contributed by atoms with Crippen LogP contribution in [0, 0.1) is 12.8 Å². The van der Waals surface area contributed by atoms with E-state index in [1.165, 1.54) is 0 Å². The van der Waals surface area contributed by atoms with Crippen LogP contribution < -0.4 is 10.1 Å². The summed E-state index contributed by atoms with van der Waals surface area (Å²) in [5.41, 5.74) is 3.72. The number of pyridine rings is 1. The Morgan fingerprint density at radius 3 is 2.62 bits per heavy atom. The molecule has 5 heteroatoms. The molecule has 2 heterocycles. The fraction of sp³-hybridized carbons (Fsp3) is 0.333. The van der Waals surface area contributed by atoms with Gasteiger partial charge in [0.15, 0.2) is 0 Å². The number of piperidine rings is 1. The predicted molar refractivity (Wildman–Crippen MR) is 117 cm³/mol. The van der Waals surface area contributed by atoms with Gasteiger partial charge in [-0.1, -0.05) is 30.3 Å². The Kier molecular flexibility index (Phi) is 5.65. The number of hydrogen-bond acceptors (Lipinski definition) is 4. The number of anilines is 1. The first-order chi connectivity index (χ1) is 14.2. The lowest BCUT2D eigenvalue weighted by molar-refractivity contribution is 0.0695. The van der Waals surface area contributed by atoms with Gasteiger partial charge in [-0.25, -0.2) is 4.98 Å². The molecule has 1 saturated heterocycles. The van der Waals surface area contributed by atoms with Crippen molar-refractivity contribution in [1.29, 1.82) is 0 Å². The van der Waals surface area contributed by atoms with E-state index in [9.17, 15) is 4.79 Å². The number of aryl methyl sites for hydroxylation is 1. The van der Waals surface area contributed by atoms with Crippen molar-refractivity contribution in [2.24, 2.45) is 5.92 Å². The second-order valence-corrected chi connectivity index (χ2v) is 7.65. The van der Waals surface area contributed by atoms with Gasteiger partial charge in [0.05, 0.1) is 7.11 Å². The molecule has 0 spiro atoms.